The summed E-state index contributed by atoms with van der Waals surface area (Å²) in [6.07, 6.45) is 37.6. The van der Waals surface area contributed by atoms with Crippen molar-refractivity contribution in [1.29, 1.82) is 0 Å². The van der Waals surface area contributed by atoms with Crippen LogP contribution in [0.25, 0.3) is 0 Å². The number of ether oxygens (including phenoxy) is 2. The molecule has 0 saturated carbocycles. The molecule has 6 nitrogen and oxygen atoms in total. The zero-order valence-electron chi connectivity index (χ0n) is 33.8. The molecule has 50 heavy (non-hydrogen) atoms. The lowest BCUT2D eigenvalue weighted by molar-refractivity contribution is -0.173. The van der Waals surface area contributed by atoms with Gasteiger partial charge in [-0.15, -0.1) is 17.0 Å². The van der Waals surface area contributed by atoms with Crippen molar-refractivity contribution < 1.29 is 24.2 Å². The molecule has 0 radical (unpaired) electrons. The molecule has 2 atom stereocenters. The second-order valence-corrected chi connectivity index (χ2v) is 15.8. The molecule has 2 unspecified atom stereocenters. The van der Waals surface area contributed by atoms with Crippen LogP contribution in [0.4, 0.5) is 0 Å². The van der Waals surface area contributed by atoms with Gasteiger partial charge in [0.25, 0.3) is 0 Å². The number of unbranched alkanes of at least 4 members (excludes halogenated alkanes) is 28. The Kier molecular flexibility index (Phi) is 39.2. The Bertz CT molecular complexity index is 729. The van der Waals surface area contributed by atoms with Gasteiger partial charge in [0.15, 0.2) is 6.10 Å². The highest BCUT2D eigenvalue weighted by Gasteiger charge is 2.32. The molecule has 0 aliphatic carbocycles. The van der Waals surface area contributed by atoms with E-state index in [1.807, 2.05) is 13.8 Å². The fourth-order valence-corrected chi connectivity index (χ4v) is 6.74. The summed E-state index contributed by atoms with van der Waals surface area (Å²) in [4.78, 5) is 25.3. The highest BCUT2D eigenvalue weighted by atomic mass is 79.9. The molecule has 0 aliphatic rings. The van der Waals surface area contributed by atoms with Crippen LogP contribution in [0.2, 0.25) is 0 Å². The maximum absolute atomic E-state index is 12.7. The summed E-state index contributed by atoms with van der Waals surface area (Å²) >= 11 is 0. The number of halogens is 1. The zero-order valence-corrected chi connectivity index (χ0v) is 35.5. The van der Waals surface area contributed by atoms with E-state index in [1.165, 1.54) is 154 Å². The molecule has 0 aliphatic heterocycles. The first-order valence-electron chi connectivity index (χ1n) is 21.5. The first-order valence-corrected chi connectivity index (χ1v) is 21.5. The molecule has 0 heterocycles. The zero-order chi connectivity index (χ0) is 36.3. The van der Waals surface area contributed by atoms with Gasteiger partial charge < -0.3 is 20.3 Å². The van der Waals surface area contributed by atoms with Crippen LogP contribution in [-0.4, -0.2) is 41.4 Å². The second kappa shape index (κ2) is 38.1. The van der Waals surface area contributed by atoms with Gasteiger partial charge in [0.05, 0.1) is 6.61 Å². The van der Waals surface area contributed by atoms with Gasteiger partial charge in [0.2, 0.25) is 0 Å². The Morgan fingerprint density at radius 3 is 0.960 bits per heavy atom. The van der Waals surface area contributed by atoms with Crippen molar-refractivity contribution in [2.45, 2.75) is 257 Å². The Morgan fingerprint density at radius 2 is 0.720 bits per heavy atom. The minimum Gasteiger partial charge on any atom is -0.458 e. The maximum atomic E-state index is 12.7. The lowest BCUT2D eigenvalue weighted by Crippen LogP contribution is -2.45. The molecule has 0 aromatic rings. The van der Waals surface area contributed by atoms with E-state index < -0.39 is 24.4 Å². The van der Waals surface area contributed by atoms with Gasteiger partial charge in [0.1, 0.15) is 6.10 Å². The first kappa shape index (κ1) is 51.4. The van der Waals surface area contributed by atoms with E-state index in [1.54, 1.807) is 0 Å². The van der Waals surface area contributed by atoms with E-state index in [4.69, 9.17) is 15.2 Å². The average Bonchev–Trinajstić information content (AvgIpc) is 3.06. The number of nitrogens with two attached hydrogens (primary N) is 1. The molecule has 0 fully saturated rings. The Hall–Kier alpha value is -0.660. The summed E-state index contributed by atoms with van der Waals surface area (Å²) in [5.74, 6) is -0.645. The quantitative estimate of drug-likeness (QED) is 0.0478. The molecule has 0 saturated heterocycles. The van der Waals surface area contributed by atoms with Gasteiger partial charge in [-0.1, -0.05) is 194 Å². The molecule has 0 spiro atoms. The Labute approximate surface area is 321 Å². The van der Waals surface area contributed by atoms with E-state index in [9.17, 15) is 14.7 Å². The number of esters is 2. The lowest BCUT2D eigenvalue weighted by atomic mass is 9.95. The van der Waals surface area contributed by atoms with E-state index in [2.05, 4.69) is 13.8 Å². The monoisotopic (exact) mass is 776 g/mol. The van der Waals surface area contributed by atoms with Crippen molar-refractivity contribution in [1.82, 2.24) is 0 Å². The van der Waals surface area contributed by atoms with Gasteiger partial charge in [-0.3, -0.25) is 9.59 Å². The molecule has 7 heteroatoms. The smallest absolute Gasteiger partial charge is 0.306 e. The number of rotatable bonds is 38. The number of aliphatic hydroxyl groups excluding tert-OH is 1. The summed E-state index contributed by atoms with van der Waals surface area (Å²) in [5, 5.41) is 10.1. The van der Waals surface area contributed by atoms with E-state index >= 15 is 0 Å². The van der Waals surface area contributed by atoms with Gasteiger partial charge >= 0.3 is 11.9 Å². The highest BCUT2D eigenvalue weighted by molar-refractivity contribution is 8.93. The van der Waals surface area contributed by atoms with E-state index in [0.29, 0.717) is 19.3 Å². The fourth-order valence-electron chi connectivity index (χ4n) is 6.74. The van der Waals surface area contributed by atoms with Gasteiger partial charge in [0, 0.05) is 24.8 Å². The van der Waals surface area contributed by atoms with Crippen LogP contribution in [0.3, 0.4) is 0 Å². The topological polar surface area (TPSA) is 98.8 Å². The molecule has 300 valence electrons. The molecular formula is C43H86BrNO5. The van der Waals surface area contributed by atoms with Crippen LogP contribution in [0.15, 0.2) is 0 Å². The SMILES string of the molecule is Br.CCCCCCCCCCCCCCCCCC(=O)OC(CO)C(CC(C)(C)N)OC(=O)CCCCCCCCCCCCCCCCC. The molecular weight excluding hydrogens is 690 g/mol. The summed E-state index contributed by atoms with van der Waals surface area (Å²) < 4.78 is 11.4. The van der Waals surface area contributed by atoms with E-state index in [0.717, 1.165) is 38.5 Å². The van der Waals surface area contributed by atoms with Crippen molar-refractivity contribution in [3.05, 3.63) is 0 Å². The predicted octanol–water partition coefficient (Wildman–Crippen LogP) is 13.0. The van der Waals surface area contributed by atoms with Crippen molar-refractivity contribution in [3.8, 4) is 0 Å². The number of aliphatic hydroxyl groups is 1. The third-order valence-corrected chi connectivity index (χ3v) is 9.86. The average molecular weight is 777 g/mol. The van der Waals surface area contributed by atoms with Crippen LogP contribution in [-0.2, 0) is 19.1 Å². The number of hydrogen-bond donors (Lipinski definition) is 2. The van der Waals surface area contributed by atoms with Crippen LogP contribution in [0, 0.1) is 0 Å². The van der Waals surface area contributed by atoms with Gasteiger partial charge in [-0.2, -0.15) is 0 Å². The molecule has 0 bridgehead atoms. The minimum atomic E-state index is -0.892. The normalized spacial score (nSPS) is 12.8. The van der Waals surface area contributed by atoms with Crippen LogP contribution < -0.4 is 5.73 Å². The third-order valence-electron chi connectivity index (χ3n) is 9.86. The Morgan fingerprint density at radius 1 is 0.480 bits per heavy atom. The summed E-state index contributed by atoms with van der Waals surface area (Å²) in [5.41, 5.74) is 5.63. The third kappa shape index (κ3) is 37.1. The van der Waals surface area contributed by atoms with Crippen molar-refractivity contribution in [3.63, 3.8) is 0 Å². The lowest BCUT2D eigenvalue weighted by Gasteiger charge is -2.30. The van der Waals surface area contributed by atoms with E-state index in [-0.39, 0.29) is 28.9 Å². The van der Waals surface area contributed by atoms with Crippen molar-refractivity contribution >= 4 is 28.9 Å². The number of carbonyl (C=O) groups is 2. The standard InChI is InChI=1S/C43H85NO5.BrH/c1-5-7-9-11-13-15-17-19-21-23-25-27-29-31-33-35-41(46)48-39(37-43(3,4)44)40(38-45)49-42(47)36-34-32-30-28-26-24-22-20-18-16-14-12-10-8-6-2;/h39-40,45H,5-38,44H2,1-4H3;1H. The second-order valence-electron chi connectivity index (χ2n) is 15.8. The number of carbonyl (C=O) groups excluding carboxylic acids is 2. The van der Waals surface area contributed by atoms with Gasteiger partial charge in [-0.25, -0.2) is 0 Å². The molecule has 0 aromatic carbocycles. The highest BCUT2D eigenvalue weighted by Crippen LogP contribution is 2.20. The summed E-state index contributed by atoms with van der Waals surface area (Å²) in [7, 11) is 0. The largest absolute Gasteiger partial charge is 0.458 e. The molecule has 0 amide bonds. The molecule has 0 rings (SSSR count). The fraction of sp³-hybridized carbons (Fsp3) is 0.953. The van der Waals surface area contributed by atoms with Crippen molar-refractivity contribution in [2.75, 3.05) is 6.61 Å². The van der Waals surface area contributed by atoms with Crippen molar-refractivity contribution in [2.24, 2.45) is 5.73 Å². The Balaban J connectivity index is 0. The summed E-state index contributed by atoms with van der Waals surface area (Å²) in [6, 6.07) is 0. The molecule has 3 N–H and O–H groups in total. The van der Waals surface area contributed by atoms with Gasteiger partial charge in [-0.05, 0) is 26.7 Å². The number of hydrogen-bond acceptors (Lipinski definition) is 6. The maximum Gasteiger partial charge on any atom is 0.306 e. The van der Waals surface area contributed by atoms with Crippen LogP contribution in [0.1, 0.15) is 240 Å². The summed E-state index contributed by atoms with van der Waals surface area (Å²) in [6.45, 7) is 7.86. The van der Waals surface area contributed by atoms with Crippen LogP contribution in [0.5, 0.6) is 0 Å². The molecule has 0 aromatic heterocycles. The van der Waals surface area contributed by atoms with Crippen LogP contribution >= 0.6 is 17.0 Å². The first-order chi connectivity index (χ1) is 23.7. The predicted molar refractivity (Wildman–Crippen MR) is 219 cm³/mol. The minimum absolute atomic E-state index is 0.